The van der Waals surface area contributed by atoms with Gasteiger partial charge in [0.2, 0.25) is 0 Å². The van der Waals surface area contributed by atoms with E-state index in [2.05, 4.69) is 8.75 Å². The number of nitrogens with two attached hydrogens (primary N) is 1. The summed E-state index contributed by atoms with van der Waals surface area (Å²) >= 11 is 12.7. The van der Waals surface area contributed by atoms with Crippen molar-refractivity contribution >= 4 is 51.7 Å². The van der Waals surface area contributed by atoms with Gasteiger partial charge in [-0.3, -0.25) is 0 Å². The fourth-order valence-electron chi connectivity index (χ4n) is 0.892. The van der Waals surface area contributed by atoms with E-state index in [1.54, 1.807) is 6.07 Å². The summed E-state index contributed by atoms with van der Waals surface area (Å²) < 4.78 is 7.96. The van der Waals surface area contributed by atoms with Crippen molar-refractivity contribution in [3.8, 4) is 0 Å². The fourth-order valence-corrected chi connectivity index (χ4v) is 2.01. The molecule has 0 radical (unpaired) electrons. The number of halogens is 2. The molecule has 0 amide bonds. The first-order valence-electron chi connectivity index (χ1n) is 3.06. The molecule has 1 heterocycles. The Labute approximate surface area is 82.4 Å². The van der Waals surface area contributed by atoms with E-state index in [0.717, 1.165) is 11.7 Å². The quantitative estimate of drug-likeness (QED) is 0.694. The highest BCUT2D eigenvalue weighted by atomic mass is 35.5. The Balaban J connectivity index is 2.97. The molecule has 1 aromatic carbocycles. The number of aromatic nitrogens is 2. The Morgan fingerprint density at radius 3 is 2.58 bits per heavy atom. The van der Waals surface area contributed by atoms with Crippen molar-refractivity contribution in [3.05, 3.63) is 16.1 Å². The molecule has 2 N–H and O–H groups in total. The van der Waals surface area contributed by atoms with Gasteiger partial charge in [-0.2, -0.15) is 8.75 Å². The minimum Gasteiger partial charge on any atom is -0.396 e. The van der Waals surface area contributed by atoms with Gasteiger partial charge in [-0.25, -0.2) is 0 Å². The predicted molar refractivity (Wildman–Crippen MR) is 51.8 cm³/mol. The third kappa shape index (κ3) is 1.03. The van der Waals surface area contributed by atoms with Crippen molar-refractivity contribution in [1.82, 2.24) is 8.75 Å². The second-order valence-corrected chi connectivity index (χ2v) is 3.56. The summed E-state index contributed by atoms with van der Waals surface area (Å²) in [7, 11) is 0. The molecule has 6 heteroatoms. The average molecular weight is 220 g/mol. The smallest absolute Gasteiger partial charge is 0.130 e. The molecule has 2 rings (SSSR count). The molecule has 2 aromatic rings. The maximum Gasteiger partial charge on any atom is 0.130 e. The van der Waals surface area contributed by atoms with Gasteiger partial charge in [-0.05, 0) is 6.07 Å². The van der Waals surface area contributed by atoms with Crippen LogP contribution >= 0.6 is 34.9 Å². The SMILES string of the molecule is Nc1c(Cl)cc(Cl)c2nsnc12. The van der Waals surface area contributed by atoms with Crippen LogP contribution in [0.25, 0.3) is 11.0 Å². The zero-order valence-corrected chi connectivity index (χ0v) is 8.04. The second kappa shape index (κ2) is 2.73. The zero-order valence-electron chi connectivity index (χ0n) is 5.71. The van der Waals surface area contributed by atoms with E-state index in [-0.39, 0.29) is 0 Å². The minimum atomic E-state index is 0.417. The van der Waals surface area contributed by atoms with Crippen LogP contribution in [0.2, 0.25) is 10.0 Å². The van der Waals surface area contributed by atoms with E-state index in [4.69, 9.17) is 28.9 Å². The first-order valence-corrected chi connectivity index (χ1v) is 4.54. The first-order chi connectivity index (χ1) is 5.70. The van der Waals surface area contributed by atoms with Crippen molar-refractivity contribution < 1.29 is 0 Å². The predicted octanol–water partition coefficient (Wildman–Crippen LogP) is 2.58. The number of hydrogen-bond acceptors (Lipinski definition) is 4. The molecule has 0 aliphatic rings. The largest absolute Gasteiger partial charge is 0.396 e. The third-order valence-electron chi connectivity index (χ3n) is 1.48. The highest BCUT2D eigenvalue weighted by Gasteiger charge is 2.10. The summed E-state index contributed by atoms with van der Waals surface area (Å²) in [6, 6.07) is 1.57. The average Bonchev–Trinajstić information content (AvgIpc) is 2.48. The third-order valence-corrected chi connectivity index (χ3v) is 2.61. The molecule has 0 atom stereocenters. The Morgan fingerprint density at radius 2 is 1.83 bits per heavy atom. The molecular weight excluding hydrogens is 217 g/mol. The van der Waals surface area contributed by atoms with Crippen LogP contribution in [0.3, 0.4) is 0 Å². The van der Waals surface area contributed by atoms with Crippen LogP contribution in [0.5, 0.6) is 0 Å². The summed E-state index contributed by atoms with van der Waals surface area (Å²) in [6.07, 6.45) is 0. The number of nitrogens with zero attached hydrogens (tertiary/aromatic N) is 2. The molecular formula is C6H3Cl2N3S. The molecule has 12 heavy (non-hydrogen) atoms. The van der Waals surface area contributed by atoms with Crippen LogP contribution in [0.1, 0.15) is 0 Å². The van der Waals surface area contributed by atoms with Crippen LogP contribution in [0.15, 0.2) is 6.07 Å². The molecule has 0 fully saturated rings. The molecule has 0 aliphatic heterocycles. The normalized spacial score (nSPS) is 10.8. The van der Waals surface area contributed by atoms with E-state index in [0.29, 0.717) is 26.8 Å². The number of rotatable bonds is 0. The van der Waals surface area contributed by atoms with Crippen molar-refractivity contribution in [1.29, 1.82) is 0 Å². The Hall–Kier alpha value is -0.580. The molecule has 0 saturated carbocycles. The van der Waals surface area contributed by atoms with Gasteiger partial charge in [-0.15, -0.1) is 0 Å². The Bertz CT molecular complexity index is 440. The molecule has 0 spiro atoms. The molecule has 3 nitrogen and oxygen atoms in total. The zero-order chi connectivity index (χ0) is 8.72. The van der Waals surface area contributed by atoms with E-state index < -0.39 is 0 Å². The summed E-state index contributed by atoms with van der Waals surface area (Å²) in [6.45, 7) is 0. The van der Waals surface area contributed by atoms with Crippen LogP contribution in [-0.2, 0) is 0 Å². The maximum atomic E-state index is 5.84. The van der Waals surface area contributed by atoms with Crippen molar-refractivity contribution in [2.45, 2.75) is 0 Å². The highest BCUT2D eigenvalue weighted by molar-refractivity contribution is 7.00. The van der Waals surface area contributed by atoms with Gasteiger partial charge < -0.3 is 5.73 Å². The van der Waals surface area contributed by atoms with Gasteiger partial charge in [-0.1, -0.05) is 23.2 Å². The van der Waals surface area contributed by atoms with Gasteiger partial charge in [0.25, 0.3) is 0 Å². The van der Waals surface area contributed by atoms with Crippen LogP contribution in [0, 0.1) is 0 Å². The summed E-state index contributed by atoms with van der Waals surface area (Å²) in [5, 5.41) is 0.901. The summed E-state index contributed by atoms with van der Waals surface area (Å²) in [5.41, 5.74) is 7.28. The monoisotopic (exact) mass is 219 g/mol. The van der Waals surface area contributed by atoms with E-state index in [1.165, 1.54) is 0 Å². The highest BCUT2D eigenvalue weighted by Crippen LogP contribution is 2.32. The molecule has 0 bridgehead atoms. The van der Waals surface area contributed by atoms with Gasteiger partial charge in [0.05, 0.1) is 27.5 Å². The lowest BCUT2D eigenvalue weighted by Crippen LogP contribution is -1.88. The van der Waals surface area contributed by atoms with Crippen molar-refractivity contribution in [2.75, 3.05) is 5.73 Å². The minimum absolute atomic E-state index is 0.417. The van der Waals surface area contributed by atoms with Gasteiger partial charge in [0.15, 0.2) is 0 Å². The van der Waals surface area contributed by atoms with Crippen molar-refractivity contribution in [2.24, 2.45) is 0 Å². The number of hydrogen-bond donors (Lipinski definition) is 1. The molecule has 62 valence electrons. The van der Waals surface area contributed by atoms with Crippen LogP contribution < -0.4 is 5.73 Å². The lowest BCUT2D eigenvalue weighted by Gasteiger charge is -1.98. The molecule has 0 aliphatic carbocycles. The summed E-state index contributed by atoms with van der Waals surface area (Å²) in [4.78, 5) is 0. The topological polar surface area (TPSA) is 51.8 Å². The van der Waals surface area contributed by atoms with Gasteiger partial charge in [0, 0.05) is 0 Å². The number of benzene rings is 1. The Kier molecular flexibility index (Phi) is 1.83. The fraction of sp³-hybridized carbons (Fsp3) is 0. The molecule has 0 unspecified atom stereocenters. The van der Waals surface area contributed by atoms with Crippen LogP contribution in [-0.4, -0.2) is 8.75 Å². The second-order valence-electron chi connectivity index (χ2n) is 2.22. The summed E-state index contributed by atoms with van der Waals surface area (Å²) in [5.74, 6) is 0. The lowest BCUT2D eigenvalue weighted by atomic mass is 10.3. The molecule has 1 aromatic heterocycles. The number of nitrogen functional groups attached to an aromatic ring is 1. The number of fused-ring (bicyclic) bond motifs is 1. The standard InChI is InChI=1S/C6H3Cl2N3S/c7-2-1-3(8)5-6(4(2)9)11-12-10-5/h1H,9H2. The van der Waals surface area contributed by atoms with Gasteiger partial charge in [0.1, 0.15) is 11.0 Å². The van der Waals surface area contributed by atoms with Crippen molar-refractivity contribution in [3.63, 3.8) is 0 Å². The van der Waals surface area contributed by atoms with Crippen LogP contribution in [0.4, 0.5) is 5.69 Å². The van der Waals surface area contributed by atoms with E-state index in [9.17, 15) is 0 Å². The lowest BCUT2D eigenvalue weighted by molar-refractivity contribution is 1.63. The maximum absolute atomic E-state index is 5.84. The van der Waals surface area contributed by atoms with Gasteiger partial charge >= 0.3 is 0 Å². The van der Waals surface area contributed by atoms with E-state index in [1.807, 2.05) is 0 Å². The van der Waals surface area contributed by atoms with E-state index >= 15 is 0 Å². The number of anilines is 1. The molecule has 0 saturated heterocycles. The first kappa shape index (κ1) is 8.04. The Morgan fingerprint density at radius 1 is 1.17 bits per heavy atom.